The summed E-state index contributed by atoms with van der Waals surface area (Å²) in [4.78, 5) is 7.46. The summed E-state index contributed by atoms with van der Waals surface area (Å²) in [5.41, 5.74) is 8.31. The Morgan fingerprint density at radius 1 is 1.33 bits per heavy atom. The highest BCUT2D eigenvalue weighted by Crippen LogP contribution is 2.08. The number of nitrogens with one attached hydrogen (secondary N) is 2. The van der Waals surface area contributed by atoms with E-state index in [2.05, 4.69) is 20.4 Å². The second-order valence-corrected chi connectivity index (χ2v) is 4.01. The predicted octanol–water partition coefficient (Wildman–Crippen LogP) is 1.13. The summed E-state index contributed by atoms with van der Waals surface area (Å²) >= 11 is 0. The van der Waals surface area contributed by atoms with Crippen LogP contribution in [0.5, 0.6) is 0 Å². The van der Waals surface area contributed by atoms with E-state index >= 15 is 0 Å². The maximum Gasteiger partial charge on any atom is 0.153 e. The molecule has 0 saturated heterocycles. The Kier molecular flexibility index (Phi) is 2.70. The smallest absolute Gasteiger partial charge is 0.153 e. The van der Waals surface area contributed by atoms with Crippen molar-refractivity contribution in [2.24, 2.45) is 5.73 Å². The van der Waals surface area contributed by atoms with Crippen LogP contribution >= 0.6 is 0 Å². The van der Waals surface area contributed by atoms with Crippen LogP contribution in [0.3, 0.4) is 0 Å². The Labute approximate surface area is 104 Å². The highest BCUT2D eigenvalue weighted by molar-refractivity contribution is 5.45. The second-order valence-electron chi connectivity index (χ2n) is 4.01. The summed E-state index contributed by atoms with van der Waals surface area (Å²) in [5, 5.41) is 7.66. The number of anilines is 1. The van der Waals surface area contributed by atoms with Crippen molar-refractivity contribution in [2.75, 3.05) is 5.32 Å². The van der Waals surface area contributed by atoms with Gasteiger partial charge in [-0.15, -0.1) is 5.10 Å². The Hall–Kier alpha value is -2.34. The largest absolute Gasteiger partial charge is 0.364 e. The molecule has 0 radical (unpaired) electrons. The summed E-state index contributed by atoms with van der Waals surface area (Å²) in [6.45, 7) is 1.14. The van der Waals surface area contributed by atoms with Crippen LogP contribution in [-0.4, -0.2) is 19.6 Å². The van der Waals surface area contributed by atoms with Crippen LogP contribution in [0, 0.1) is 0 Å². The number of H-pyrrole nitrogens is 1. The van der Waals surface area contributed by atoms with Crippen molar-refractivity contribution in [3.63, 3.8) is 0 Å². The zero-order valence-electron chi connectivity index (χ0n) is 9.80. The van der Waals surface area contributed by atoms with Crippen LogP contribution in [0.25, 0.3) is 5.65 Å². The fourth-order valence-electron chi connectivity index (χ4n) is 1.79. The molecule has 3 aromatic rings. The standard InChI is InChI=1S/C12H14N6/c13-6-10-8-18-12(16-10)4-3-11(17-18)15-7-9-2-1-5-14-9/h1-5,8,14H,6-7,13H2,(H,15,17). The lowest BCUT2D eigenvalue weighted by Gasteiger charge is -2.03. The zero-order chi connectivity index (χ0) is 12.4. The summed E-state index contributed by atoms with van der Waals surface area (Å²) in [6, 6.07) is 7.82. The first-order valence-corrected chi connectivity index (χ1v) is 5.76. The third-order valence-electron chi connectivity index (χ3n) is 2.70. The average molecular weight is 242 g/mol. The van der Waals surface area contributed by atoms with E-state index in [9.17, 15) is 0 Å². The fraction of sp³-hybridized carbons (Fsp3) is 0.167. The van der Waals surface area contributed by atoms with Crippen molar-refractivity contribution in [1.82, 2.24) is 19.6 Å². The molecule has 0 aliphatic carbocycles. The van der Waals surface area contributed by atoms with Gasteiger partial charge in [0.05, 0.1) is 18.4 Å². The summed E-state index contributed by atoms with van der Waals surface area (Å²) < 4.78 is 1.74. The normalized spacial score (nSPS) is 10.9. The Morgan fingerprint density at radius 2 is 2.28 bits per heavy atom. The van der Waals surface area contributed by atoms with E-state index in [-0.39, 0.29) is 0 Å². The average Bonchev–Trinajstić information content (AvgIpc) is 3.04. The molecule has 0 amide bonds. The van der Waals surface area contributed by atoms with Gasteiger partial charge in [0.25, 0.3) is 0 Å². The Balaban J connectivity index is 1.80. The van der Waals surface area contributed by atoms with Gasteiger partial charge in [-0.1, -0.05) is 0 Å². The van der Waals surface area contributed by atoms with Gasteiger partial charge in [-0.25, -0.2) is 9.50 Å². The first-order valence-electron chi connectivity index (χ1n) is 5.76. The first kappa shape index (κ1) is 10.8. The number of hydrogen-bond acceptors (Lipinski definition) is 4. The molecule has 0 unspecified atom stereocenters. The molecule has 18 heavy (non-hydrogen) atoms. The molecular formula is C12H14N6. The maximum absolute atomic E-state index is 5.55. The third kappa shape index (κ3) is 2.05. The molecule has 0 aliphatic heterocycles. The molecule has 0 fully saturated rings. The van der Waals surface area contributed by atoms with Gasteiger partial charge in [-0.3, -0.25) is 0 Å². The highest BCUT2D eigenvalue weighted by atomic mass is 15.3. The van der Waals surface area contributed by atoms with Gasteiger partial charge in [-0.05, 0) is 24.3 Å². The second kappa shape index (κ2) is 4.50. The molecule has 3 heterocycles. The Morgan fingerprint density at radius 3 is 3.06 bits per heavy atom. The lowest BCUT2D eigenvalue weighted by atomic mass is 10.4. The van der Waals surface area contributed by atoms with E-state index in [1.807, 2.05) is 36.7 Å². The minimum atomic E-state index is 0.425. The molecule has 6 heteroatoms. The molecule has 0 bridgehead atoms. The Bertz CT molecular complexity index is 640. The van der Waals surface area contributed by atoms with Crippen LogP contribution in [0.4, 0.5) is 5.82 Å². The molecule has 0 saturated carbocycles. The van der Waals surface area contributed by atoms with Gasteiger partial charge in [0, 0.05) is 18.4 Å². The van der Waals surface area contributed by atoms with Crippen LogP contribution in [0.15, 0.2) is 36.7 Å². The van der Waals surface area contributed by atoms with Crippen molar-refractivity contribution >= 4 is 11.5 Å². The van der Waals surface area contributed by atoms with Crippen LogP contribution in [0.1, 0.15) is 11.4 Å². The number of nitrogens with zero attached hydrogens (tertiary/aromatic N) is 3. The number of rotatable bonds is 4. The molecule has 0 atom stereocenters. The van der Waals surface area contributed by atoms with Crippen molar-refractivity contribution in [2.45, 2.75) is 13.1 Å². The van der Waals surface area contributed by atoms with Gasteiger partial charge in [-0.2, -0.15) is 0 Å². The van der Waals surface area contributed by atoms with Crippen molar-refractivity contribution in [1.29, 1.82) is 0 Å². The minimum Gasteiger partial charge on any atom is -0.364 e. The van der Waals surface area contributed by atoms with Gasteiger partial charge < -0.3 is 16.0 Å². The van der Waals surface area contributed by atoms with E-state index in [0.29, 0.717) is 13.1 Å². The van der Waals surface area contributed by atoms with Crippen molar-refractivity contribution in [3.05, 3.63) is 48.0 Å². The van der Waals surface area contributed by atoms with E-state index < -0.39 is 0 Å². The van der Waals surface area contributed by atoms with Gasteiger partial charge in [0.15, 0.2) is 5.65 Å². The monoisotopic (exact) mass is 242 g/mol. The molecule has 6 nitrogen and oxygen atoms in total. The van der Waals surface area contributed by atoms with Gasteiger partial charge >= 0.3 is 0 Å². The molecule has 92 valence electrons. The summed E-state index contributed by atoms with van der Waals surface area (Å²) in [6.07, 6.45) is 3.74. The third-order valence-corrected chi connectivity index (χ3v) is 2.70. The van der Waals surface area contributed by atoms with E-state index in [1.165, 1.54) is 0 Å². The minimum absolute atomic E-state index is 0.425. The predicted molar refractivity (Wildman–Crippen MR) is 69.0 cm³/mol. The molecular weight excluding hydrogens is 228 g/mol. The fourth-order valence-corrected chi connectivity index (χ4v) is 1.79. The van der Waals surface area contributed by atoms with Crippen LogP contribution in [-0.2, 0) is 13.1 Å². The lowest BCUT2D eigenvalue weighted by Crippen LogP contribution is -2.03. The number of imidazole rings is 1. The summed E-state index contributed by atoms with van der Waals surface area (Å²) in [7, 11) is 0. The van der Waals surface area contributed by atoms with Crippen molar-refractivity contribution < 1.29 is 0 Å². The molecule has 0 aromatic carbocycles. The highest BCUT2D eigenvalue weighted by Gasteiger charge is 2.02. The van der Waals surface area contributed by atoms with E-state index in [1.54, 1.807) is 4.52 Å². The quantitative estimate of drug-likeness (QED) is 0.640. The number of nitrogens with two attached hydrogens (primary N) is 1. The van der Waals surface area contributed by atoms with Crippen LogP contribution in [0.2, 0.25) is 0 Å². The summed E-state index contributed by atoms with van der Waals surface area (Å²) in [5.74, 6) is 0.804. The van der Waals surface area contributed by atoms with Gasteiger partial charge in [0.2, 0.25) is 0 Å². The SMILES string of the molecule is NCc1cn2nc(NCc3ccc[nH]3)ccc2n1. The first-order chi connectivity index (χ1) is 8.85. The maximum atomic E-state index is 5.55. The molecule has 3 aromatic heterocycles. The van der Waals surface area contributed by atoms with E-state index in [4.69, 9.17) is 5.73 Å². The molecule has 4 N–H and O–H groups in total. The molecule has 0 aliphatic rings. The van der Waals surface area contributed by atoms with E-state index in [0.717, 1.165) is 22.9 Å². The number of aromatic nitrogens is 4. The number of fused-ring (bicyclic) bond motifs is 1. The van der Waals surface area contributed by atoms with Crippen molar-refractivity contribution in [3.8, 4) is 0 Å². The lowest BCUT2D eigenvalue weighted by molar-refractivity contribution is 0.915. The molecule has 3 rings (SSSR count). The number of hydrogen-bond donors (Lipinski definition) is 3. The molecule has 0 spiro atoms. The van der Waals surface area contributed by atoms with Gasteiger partial charge in [0.1, 0.15) is 5.82 Å². The zero-order valence-corrected chi connectivity index (χ0v) is 9.80. The van der Waals surface area contributed by atoms with Crippen LogP contribution < -0.4 is 11.1 Å². The number of aromatic amines is 1. The topological polar surface area (TPSA) is 84.0 Å².